The first-order valence-corrected chi connectivity index (χ1v) is 3.97. The Morgan fingerprint density at radius 3 is 2.38 bits per heavy atom. The van der Waals surface area contributed by atoms with Crippen molar-refractivity contribution in [3.8, 4) is 0 Å². The SMILES string of the molecule is CC(=O)N1C=C[C-]=CC1C.[CH2-]C.[Y]. The zero-order chi connectivity index (χ0) is 9.56. The van der Waals surface area contributed by atoms with Crippen LogP contribution in [0, 0.1) is 13.0 Å². The van der Waals surface area contributed by atoms with E-state index in [1.165, 1.54) is 0 Å². The van der Waals surface area contributed by atoms with Crippen LogP contribution in [0.25, 0.3) is 0 Å². The summed E-state index contributed by atoms with van der Waals surface area (Å²) in [4.78, 5) is 12.5. The second-order valence-electron chi connectivity index (χ2n) is 2.32. The largest absolute Gasteiger partial charge is 0.394 e. The molecule has 13 heavy (non-hydrogen) atoms. The van der Waals surface area contributed by atoms with Crippen LogP contribution in [0.2, 0.25) is 0 Å². The summed E-state index contributed by atoms with van der Waals surface area (Å²) in [7, 11) is 0. The summed E-state index contributed by atoms with van der Waals surface area (Å²) < 4.78 is 0. The quantitative estimate of drug-likeness (QED) is 0.605. The van der Waals surface area contributed by atoms with Crippen molar-refractivity contribution in [2.75, 3.05) is 0 Å². The average molecular weight is 254 g/mol. The van der Waals surface area contributed by atoms with Crippen LogP contribution in [0.4, 0.5) is 0 Å². The second-order valence-corrected chi connectivity index (χ2v) is 2.32. The van der Waals surface area contributed by atoms with Gasteiger partial charge in [0.2, 0.25) is 5.91 Å². The molecule has 2 nitrogen and oxygen atoms in total. The predicted octanol–water partition coefficient (Wildman–Crippen LogP) is 1.95. The van der Waals surface area contributed by atoms with E-state index in [-0.39, 0.29) is 44.7 Å². The van der Waals surface area contributed by atoms with Crippen molar-refractivity contribution < 1.29 is 37.5 Å². The molecule has 1 amide bonds. The number of carbonyl (C=O) groups excluding carboxylic acids is 1. The third-order valence-corrected chi connectivity index (χ3v) is 1.47. The van der Waals surface area contributed by atoms with Gasteiger partial charge in [0, 0.05) is 45.7 Å². The summed E-state index contributed by atoms with van der Waals surface area (Å²) in [6.07, 6.45) is 8.26. The smallest absolute Gasteiger partial charge is 0.207 e. The topological polar surface area (TPSA) is 20.3 Å². The molecule has 71 valence electrons. The number of carbonyl (C=O) groups is 1. The molecule has 1 rings (SSSR count). The molecule has 0 saturated carbocycles. The van der Waals surface area contributed by atoms with Gasteiger partial charge in [-0.05, 0) is 6.92 Å². The number of allylic oxidation sites excluding steroid dienone is 2. The van der Waals surface area contributed by atoms with Crippen molar-refractivity contribution in [1.82, 2.24) is 4.90 Å². The summed E-state index contributed by atoms with van der Waals surface area (Å²) in [5.41, 5.74) is 0. The minimum absolute atomic E-state index is 0. The van der Waals surface area contributed by atoms with Crippen molar-refractivity contribution in [3.05, 3.63) is 31.4 Å². The fraction of sp³-hybridized carbons (Fsp3) is 0.400. The fourth-order valence-corrected chi connectivity index (χ4v) is 0.926. The number of amides is 1. The standard InChI is InChI=1S/C8H10NO.C2H5.Y/c1-7-5-3-4-6-9(7)8(2)10;1-2;/h4-7H,1-2H3;1H2,2H3;/q2*-1;. The van der Waals surface area contributed by atoms with E-state index in [2.05, 4.69) is 13.0 Å². The van der Waals surface area contributed by atoms with Crippen LogP contribution >= 0.6 is 0 Å². The van der Waals surface area contributed by atoms with Crippen LogP contribution in [-0.2, 0) is 37.5 Å². The van der Waals surface area contributed by atoms with Crippen molar-refractivity contribution in [1.29, 1.82) is 0 Å². The number of nitrogens with zero attached hydrogens (tertiary/aromatic N) is 1. The van der Waals surface area contributed by atoms with Crippen LogP contribution in [0.3, 0.4) is 0 Å². The van der Waals surface area contributed by atoms with E-state index in [4.69, 9.17) is 0 Å². The normalized spacial score (nSPS) is 18.5. The van der Waals surface area contributed by atoms with Crippen molar-refractivity contribution in [2.24, 2.45) is 0 Å². The van der Waals surface area contributed by atoms with Gasteiger partial charge in [0.1, 0.15) is 0 Å². The Labute approximate surface area is 106 Å². The molecule has 0 saturated heterocycles. The molecule has 1 aliphatic heterocycles. The van der Waals surface area contributed by atoms with Gasteiger partial charge in [-0.2, -0.15) is 13.0 Å². The Morgan fingerprint density at radius 2 is 2.08 bits per heavy atom. The molecule has 0 bridgehead atoms. The molecule has 0 N–H and O–H groups in total. The maximum absolute atomic E-state index is 10.8. The first-order valence-electron chi connectivity index (χ1n) is 3.97. The summed E-state index contributed by atoms with van der Waals surface area (Å²) >= 11 is 0. The maximum Gasteiger partial charge on any atom is 0.207 e. The summed E-state index contributed by atoms with van der Waals surface area (Å²) in [6, 6.07) is 0.155. The minimum atomic E-state index is 0. The first kappa shape index (κ1) is 15.5. The van der Waals surface area contributed by atoms with Crippen LogP contribution < -0.4 is 0 Å². The molecule has 3 heteroatoms. The molecule has 0 aliphatic carbocycles. The van der Waals surface area contributed by atoms with Crippen LogP contribution in [0.1, 0.15) is 20.8 Å². The Kier molecular flexibility index (Phi) is 10.3. The molecule has 1 heterocycles. The Hall–Kier alpha value is 0.0539. The van der Waals surface area contributed by atoms with Gasteiger partial charge in [-0.15, -0.1) is 6.20 Å². The van der Waals surface area contributed by atoms with E-state index in [0.717, 1.165) is 0 Å². The zero-order valence-electron chi connectivity index (χ0n) is 8.45. The molecule has 0 spiro atoms. The predicted molar refractivity (Wildman–Crippen MR) is 50.0 cm³/mol. The third kappa shape index (κ3) is 5.38. The maximum atomic E-state index is 10.8. The van der Waals surface area contributed by atoms with Crippen molar-refractivity contribution >= 4 is 5.91 Å². The number of hydrogen-bond donors (Lipinski definition) is 0. The number of hydrogen-bond acceptors (Lipinski definition) is 1. The van der Waals surface area contributed by atoms with E-state index in [0.29, 0.717) is 0 Å². The second kappa shape index (κ2) is 8.64. The van der Waals surface area contributed by atoms with Crippen LogP contribution in [0.5, 0.6) is 0 Å². The summed E-state index contributed by atoms with van der Waals surface area (Å²) in [5, 5.41) is 0. The Balaban J connectivity index is 0. The molecular weight excluding hydrogens is 239 g/mol. The molecule has 1 unspecified atom stereocenters. The van der Waals surface area contributed by atoms with E-state index in [1.807, 2.05) is 13.0 Å². The van der Waals surface area contributed by atoms with Crippen molar-refractivity contribution in [2.45, 2.75) is 26.8 Å². The molecule has 1 atom stereocenters. The van der Waals surface area contributed by atoms with Gasteiger partial charge in [0.25, 0.3) is 0 Å². The molecule has 1 aliphatic rings. The van der Waals surface area contributed by atoms with Gasteiger partial charge in [0.05, 0.1) is 0 Å². The third-order valence-electron chi connectivity index (χ3n) is 1.47. The summed E-state index contributed by atoms with van der Waals surface area (Å²) in [5.74, 6) is 0.0708. The van der Waals surface area contributed by atoms with Gasteiger partial charge in [-0.25, -0.2) is 6.08 Å². The average Bonchev–Trinajstić information content (AvgIpc) is 2.08. The van der Waals surface area contributed by atoms with Crippen LogP contribution in [-0.4, -0.2) is 16.8 Å². The summed E-state index contributed by atoms with van der Waals surface area (Å²) in [6.45, 7) is 8.51. The number of rotatable bonds is 0. The van der Waals surface area contributed by atoms with Crippen molar-refractivity contribution in [3.63, 3.8) is 0 Å². The van der Waals surface area contributed by atoms with E-state index < -0.39 is 0 Å². The molecule has 0 aromatic carbocycles. The zero-order valence-corrected chi connectivity index (χ0v) is 11.3. The van der Waals surface area contributed by atoms with E-state index in [9.17, 15) is 4.79 Å². The molecule has 0 aromatic rings. The Bertz CT molecular complexity index is 199. The van der Waals surface area contributed by atoms with Crippen LogP contribution in [0.15, 0.2) is 18.4 Å². The monoisotopic (exact) mass is 254 g/mol. The minimum Gasteiger partial charge on any atom is -0.394 e. The van der Waals surface area contributed by atoms with E-state index >= 15 is 0 Å². The molecule has 1 radical (unpaired) electrons. The fourth-order valence-electron chi connectivity index (χ4n) is 0.926. The van der Waals surface area contributed by atoms with Gasteiger partial charge >= 0.3 is 0 Å². The molecule has 0 fully saturated rings. The van der Waals surface area contributed by atoms with Gasteiger partial charge in [0.15, 0.2) is 0 Å². The van der Waals surface area contributed by atoms with Gasteiger partial charge < -0.3 is 11.8 Å². The van der Waals surface area contributed by atoms with Gasteiger partial charge in [-0.1, -0.05) is 0 Å². The Morgan fingerprint density at radius 1 is 1.54 bits per heavy atom. The first-order chi connectivity index (χ1) is 5.72. The molecule has 0 aromatic heterocycles. The molecular formula is C10H15NOY-2. The van der Waals surface area contributed by atoms with Gasteiger partial charge in [-0.3, -0.25) is 10.9 Å². The van der Waals surface area contributed by atoms with E-state index in [1.54, 1.807) is 31.0 Å².